The van der Waals surface area contributed by atoms with Crippen molar-refractivity contribution in [1.82, 2.24) is 0 Å². The molecule has 94 valence electrons. The molecule has 17 heavy (non-hydrogen) atoms. The topological polar surface area (TPSA) is 66.6 Å². The van der Waals surface area contributed by atoms with Gasteiger partial charge in [-0.05, 0) is 31.0 Å². The van der Waals surface area contributed by atoms with Crippen molar-refractivity contribution in [3.8, 4) is 0 Å². The van der Waals surface area contributed by atoms with Crippen LogP contribution >= 0.6 is 0 Å². The van der Waals surface area contributed by atoms with Gasteiger partial charge in [-0.15, -0.1) is 0 Å². The first-order chi connectivity index (χ1) is 8.13. The van der Waals surface area contributed by atoms with Crippen molar-refractivity contribution in [1.29, 1.82) is 0 Å². The second kappa shape index (κ2) is 6.91. The van der Waals surface area contributed by atoms with Crippen LogP contribution in [-0.2, 0) is 4.79 Å². The van der Waals surface area contributed by atoms with Crippen LogP contribution in [0.15, 0.2) is 24.3 Å². The average molecular weight is 236 g/mol. The summed E-state index contributed by atoms with van der Waals surface area (Å²) in [6.45, 7) is 3.51. The van der Waals surface area contributed by atoms with E-state index in [-0.39, 0.29) is 12.5 Å². The van der Waals surface area contributed by atoms with Crippen molar-refractivity contribution in [3.63, 3.8) is 0 Å². The van der Waals surface area contributed by atoms with E-state index in [1.54, 1.807) is 0 Å². The largest absolute Gasteiger partial charge is 0.396 e. The van der Waals surface area contributed by atoms with E-state index < -0.39 is 0 Å². The zero-order valence-corrected chi connectivity index (χ0v) is 10.2. The maximum Gasteiger partial charge on any atom is 0.219 e. The van der Waals surface area contributed by atoms with E-state index in [9.17, 15) is 4.79 Å². The monoisotopic (exact) mass is 236 g/mol. The van der Waals surface area contributed by atoms with Crippen LogP contribution in [0.4, 0.5) is 5.69 Å². The number of benzene rings is 1. The number of hydrogen-bond donors (Lipinski definition) is 2. The van der Waals surface area contributed by atoms with Gasteiger partial charge in [0.1, 0.15) is 0 Å². The van der Waals surface area contributed by atoms with Crippen LogP contribution < -0.4 is 10.6 Å². The molecule has 0 radical (unpaired) electrons. The first-order valence-electron chi connectivity index (χ1n) is 5.84. The molecule has 4 nitrogen and oxygen atoms in total. The molecule has 1 rings (SSSR count). The van der Waals surface area contributed by atoms with Gasteiger partial charge in [0, 0.05) is 31.8 Å². The van der Waals surface area contributed by atoms with Crippen molar-refractivity contribution in [2.75, 3.05) is 24.6 Å². The SMILES string of the molecule is Cc1cccc(N(CCCO)CCC(N)=O)c1. The molecule has 0 aliphatic heterocycles. The van der Waals surface area contributed by atoms with Crippen molar-refractivity contribution in [2.24, 2.45) is 5.73 Å². The predicted molar refractivity (Wildman–Crippen MR) is 68.9 cm³/mol. The number of rotatable bonds is 7. The van der Waals surface area contributed by atoms with Crippen LogP contribution in [0.5, 0.6) is 0 Å². The Kier molecular flexibility index (Phi) is 5.49. The second-order valence-corrected chi connectivity index (χ2v) is 4.12. The Balaban J connectivity index is 2.70. The Hall–Kier alpha value is -1.55. The zero-order valence-electron chi connectivity index (χ0n) is 10.2. The van der Waals surface area contributed by atoms with E-state index in [1.165, 1.54) is 5.56 Å². The summed E-state index contributed by atoms with van der Waals surface area (Å²) < 4.78 is 0. The summed E-state index contributed by atoms with van der Waals surface area (Å²) in [5, 5.41) is 8.88. The molecule has 0 heterocycles. The molecule has 0 bridgehead atoms. The number of aryl methyl sites for hydroxylation is 1. The van der Waals surface area contributed by atoms with Gasteiger partial charge in [0.2, 0.25) is 5.91 Å². The fraction of sp³-hybridized carbons (Fsp3) is 0.462. The first kappa shape index (κ1) is 13.5. The summed E-state index contributed by atoms with van der Waals surface area (Å²) in [7, 11) is 0. The summed E-state index contributed by atoms with van der Waals surface area (Å²) >= 11 is 0. The number of aliphatic hydroxyl groups is 1. The Morgan fingerprint density at radius 3 is 2.76 bits per heavy atom. The highest BCUT2D eigenvalue weighted by atomic mass is 16.3. The maximum absolute atomic E-state index is 10.8. The minimum Gasteiger partial charge on any atom is -0.396 e. The molecule has 0 saturated heterocycles. The number of nitrogens with zero attached hydrogens (tertiary/aromatic N) is 1. The number of primary amides is 1. The number of hydrogen-bond acceptors (Lipinski definition) is 3. The number of carbonyl (C=O) groups is 1. The minimum absolute atomic E-state index is 0.152. The molecule has 0 atom stereocenters. The van der Waals surface area contributed by atoms with E-state index >= 15 is 0 Å². The Morgan fingerprint density at radius 1 is 1.41 bits per heavy atom. The molecular weight excluding hydrogens is 216 g/mol. The molecule has 4 heteroatoms. The number of nitrogens with two attached hydrogens (primary N) is 1. The normalized spacial score (nSPS) is 10.2. The molecular formula is C13H20N2O2. The molecule has 0 saturated carbocycles. The smallest absolute Gasteiger partial charge is 0.219 e. The van der Waals surface area contributed by atoms with E-state index in [1.807, 2.05) is 25.1 Å². The lowest BCUT2D eigenvalue weighted by Gasteiger charge is -2.24. The van der Waals surface area contributed by atoms with Crippen molar-refractivity contribution >= 4 is 11.6 Å². The molecule has 0 aliphatic carbocycles. The summed E-state index contributed by atoms with van der Waals surface area (Å²) in [6, 6.07) is 8.09. The molecule has 0 aromatic heterocycles. The molecule has 0 fully saturated rings. The maximum atomic E-state index is 10.8. The number of aliphatic hydroxyl groups excluding tert-OH is 1. The van der Waals surface area contributed by atoms with Crippen LogP contribution in [0.25, 0.3) is 0 Å². The van der Waals surface area contributed by atoms with Crippen molar-refractivity contribution in [3.05, 3.63) is 29.8 Å². The van der Waals surface area contributed by atoms with Crippen LogP contribution in [0, 0.1) is 6.92 Å². The van der Waals surface area contributed by atoms with E-state index in [0.29, 0.717) is 19.4 Å². The predicted octanol–water partition coefficient (Wildman–Crippen LogP) is 1.06. The van der Waals surface area contributed by atoms with Gasteiger partial charge in [0.15, 0.2) is 0 Å². The third-order valence-electron chi connectivity index (χ3n) is 2.58. The van der Waals surface area contributed by atoms with Gasteiger partial charge in [0.05, 0.1) is 0 Å². The summed E-state index contributed by atoms with van der Waals surface area (Å²) in [6.07, 6.45) is 1.02. The highest BCUT2D eigenvalue weighted by Crippen LogP contribution is 2.16. The first-order valence-corrected chi connectivity index (χ1v) is 5.84. The molecule has 1 aromatic carbocycles. The van der Waals surface area contributed by atoms with E-state index in [0.717, 1.165) is 12.2 Å². The van der Waals surface area contributed by atoms with Gasteiger partial charge in [-0.3, -0.25) is 4.79 Å². The lowest BCUT2D eigenvalue weighted by atomic mass is 10.2. The van der Waals surface area contributed by atoms with Crippen molar-refractivity contribution in [2.45, 2.75) is 19.8 Å². The van der Waals surface area contributed by atoms with Gasteiger partial charge in [-0.25, -0.2) is 0 Å². The third-order valence-corrected chi connectivity index (χ3v) is 2.58. The Morgan fingerprint density at radius 2 is 2.18 bits per heavy atom. The number of amides is 1. The summed E-state index contributed by atoms with van der Waals surface area (Å²) in [5.41, 5.74) is 7.41. The lowest BCUT2D eigenvalue weighted by Crippen LogP contribution is -2.29. The quantitative estimate of drug-likeness (QED) is 0.744. The van der Waals surface area contributed by atoms with Gasteiger partial charge in [-0.2, -0.15) is 0 Å². The lowest BCUT2D eigenvalue weighted by molar-refractivity contribution is -0.117. The van der Waals surface area contributed by atoms with E-state index in [4.69, 9.17) is 10.8 Å². The molecule has 1 aromatic rings. The standard InChI is InChI=1S/C13H20N2O2/c1-11-4-2-5-12(10-11)15(7-3-9-16)8-6-13(14)17/h2,4-5,10,16H,3,6-9H2,1H3,(H2,14,17). The minimum atomic E-state index is -0.299. The van der Waals surface area contributed by atoms with Crippen LogP contribution in [0.2, 0.25) is 0 Å². The molecule has 3 N–H and O–H groups in total. The van der Waals surface area contributed by atoms with Gasteiger partial charge < -0.3 is 15.7 Å². The highest BCUT2D eigenvalue weighted by molar-refractivity contribution is 5.74. The number of anilines is 1. The van der Waals surface area contributed by atoms with Gasteiger partial charge >= 0.3 is 0 Å². The molecule has 1 amide bonds. The number of carbonyl (C=O) groups excluding carboxylic acids is 1. The summed E-state index contributed by atoms with van der Waals surface area (Å²) in [5.74, 6) is -0.299. The highest BCUT2D eigenvalue weighted by Gasteiger charge is 2.07. The fourth-order valence-corrected chi connectivity index (χ4v) is 1.70. The van der Waals surface area contributed by atoms with Gasteiger partial charge in [-0.1, -0.05) is 12.1 Å². The molecule has 0 spiro atoms. The van der Waals surface area contributed by atoms with Crippen LogP contribution in [-0.4, -0.2) is 30.7 Å². The zero-order chi connectivity index (χ0) is 12.7. The Bertz CT molecular complexity index is 366. The average Bonchev–Trinajstić information content (AvgIpc) is 2.29. The third kappa shape index (κ3) is 4.87. The Labute approximate surface area is 102 Å². The van der Waals surface area contributed by atoms with Gasteiger partial charge in [0.25, 0.3) is 0 Å². The second-order valence-electron chi connectivity index (χ2n) is 4.12. The van der Waals surface area contributed by atoms with Crippen LogP contribution in [0.3, 0.4) is 0 Å². The molecule has 0 aliphatic rings. The fourth-order valence-electron chi connectivity index (χ4n) is 1.70. The van der Waals surface area contributed by atoms with Crippen LogP contribution in [0.1, 0.15) is 18.4 Å². The summed E-state index contributed by atoms with van der Waals surface area (Å²) in [4.78, 5) is 12.9. The van der Waals surface area contributed by atoms with Crippen molar-refractivity contribution < 1.29 is 9.90 Å². The molecule has 0 unspecified atom stereocenters. The van der Waals surface area contributed by atoms with E-state index in [2.05, 4.69) is 11.0 Å².